The van der Waals surface area contributed by atoms with Gasteiger partial charge in [0.15, 0.2) is 0 Å². The zero-order valence-corrected chi connectivity index (χ0v) is 11.6. The van der Waals surface area contributed by atoms with Crippen molar-refractivity contribution in [1.29, 1.82) is 0 Å². The molecule has 0 radical (unpaired) electrons. The van der Waals surface area contributed by atoms with Crippen LogP contribution in [0.1, 0.15) is 31.2 Å². The molecule has 1 aliphatic heterocycles. The van der Waals surface area contributed by atoms with Gasteiger partial charge < -0.3 is 9.64 Å². The Labute approximate surface area is 118 Å². The van der Waals surface area contributed by atoms with Gasteiger partial charge in [-0.15, -0.1) is 0 Å². The second kappa shape index (κ2) is 5.52. The molecule has 108 valence electrons. The van der Waals surface area contributed by atoms with Crippen molar-refractivity contribution in [1.82, 2.24) is 4.90 Å². The normalized spacial score (nSPS) is 21.4. The van der Waals surface area contributed by atoms with Gasteiger partial charge in [-0.3, -0.25) is 4.79 Å². The fourth-order valence-electron chi connectivity index (χ4n) is 3.31. The predicted octanol–water partition coefficient (Wildman–Crippen LogP) is 2.54. The van der Waals surface area contributed by atoms with Crippen LogP contribution in [0.3, 0.4) is 0 Å². The maximum absolute atomic E-state index is 13.2. The van der Waals surface area contributed by atoms with E-state index < -0.39 is 0 Å². The standard InChI is InChI=1S/C16H20FNO2/c17-14-5-3-4-13(10-14)11-15(19)18-8-9-20-16(12-18)6-1-2-7-16/h3-5,10H,1-2,6-9,11-12H2. The number of hydrogen-bond acceptors (Lipinski definition) is 2. The largest absolute Gasteiger partial charge is 0.371 e. The SMILES string of the molecule is O=C(Cc1cccc(F)c1)N1CCOC2(CCCC2)C1. The lowest BCUT2D eigenvalue weighted by Crippen LogP contribution is -2.52. The van der Waals surface area contributed by atoms with Crippen molar-refractivity contribution < 1.29 is 13.9 Å². The highest BCUT2D eigenvalue weighted by molar-refractivity contribution is 5.79. The van der Waals surface area contributed by atoms with E-state index in [1.54, 1.807) is 12.1 Å². The summed E-state index contributed by atoms with van der Waals surface area (Å²) < 4.78 is 19.1. The summed E-state index contributed by atoms with van der Waals surface area (Å²) in [4.78, 5) is 14.3. The van der Waals surface area contributed by atoms with Crippen molar-refractivity contribution in [3.63, 3.8) is 0 Å². The molecule has 3 rings (SSSR count). The fourth-order valence-corrected chi connectivity index (χ4v) is 3.31. The number of rotatable bonds is 2. The molecule has 4 heteroatoms. The van der Waals surface area contributed by atoms with Gasteiger partial charge in [-0.05, 0) is 30.5 Å². The van der Waals surface area contributed by atoms with Crippen LogP contribution in [0.25, 0.3) is 0 Å². The molecule has 1 saturated carbocycles. The molecule has 20 heavy (non-hydrogen) atoms. The Balaban J connectivity index is 1.65. The molecule has 1 saturated heterocycles. The van der Waals surface area contributed by atoms with Gasteiger partial charge in [0.2, 0.25) is 5.91 Å². The van der Waals surface area contributed by atoms with Crippen molar-refractivity contribution in [2.75, 3.05) is 19.7 Å². The van der Waals surface area contributed by atoms with Crippen LogP contribution < -0.4 is 0 Å². The molecule has 1 heterocycles. The maximum Gasteiger partial charge on any atom is 0.227 e. The van der Waals surface area contributed by atoms with Gasteiger partial charge in [-0.2, -0.15) is 0 Å². The summed E-state index contributed by atoms with van der Waals surface area (Å²) in [5.41, 5.74) is 0.637. The molecule has 0 atom stereocenters. The summed E-state index contributed by atoms with van der Waals surface area (Å²) in [6.07, 6.45) is 4.75. The van der Waals surface area contributed by atoms with E-state index in [0.29, 0.717) is 19.7 Å². The second-order valence-electron chi connectivity index (χ2n) is 5.86. The second-order valence-corrected chi connectivity index (χ2v) is 5.86. The van der Waals surface area contributed by atoms with Crippen molar-refractivity contribution in [3.8, 4) is 0 Å². The summed E-state index contributed by atoms with van der Waals surface area (Å²) in [5, 5.41) is 0. The average molecular weight is 277 g/mol. The summed E-state index contributed by atoms with van der Waals surface area (Å²) in [7, 11) is 0. The van der Waals surface area contributed by atoms with Crippen LogP contribution in [0.2, 0.25) is 0 Å². The Bertz CT molecular complexity index is 497. The number of carbonyl (C=O) groups is 1. The summed E-state index contributed by atoms with van der Waals surface area (Å²) in [6, 6.07) is 6.28. The van der Waals surface area contributed by atoms with Crippen LogP contribution in [-0.4, -0.2) is 36.1 Å². The first kappa shape index (κ1) is 13.6. The molecule has 1 spiro atoms. The van der Waals surface area contributed by atoms with E-state index in [0.717, 1.165) is 18.4 Å². The third-order valence-corrected chi connectivity index (χ3v) is 4.36. The molecule has 1 amide bonds. The van der Waals surface area contributed by atoms with Crippen LogP contribution in [0.5, 0.6) is 0 Å². The number of nitrogens with zero attached hydrogens (tertiary/aromatic N) is 1. The highest BCUT2D eigenvalue weighted by Crippen LogP contribution is 2.35. The first-order valence-electron chi connectivity index (χ1n) is 7.33. The Morgan fingerprint density at radius 2 is 2.15 bits per heavy atom. The molecular formula is C16H20FNO2. The van der Waals surface area contributed by atoms with E-state index in [1.165, 1.54) is 25.0 Å². The number of ether oxygens (including phenoxy) is 1. The number of hydrogen-bond donors (Lipinski definition) is 0. The number of halogens is 1. The van der Waals surface area contributed by atoms with Crippen molar-refractivity contribution >= 4 is 5.91 Å². The zero-order chi connectivity index (χ0) is 14.0. The lowest BCUT2D eigenvalue weighted by Gasteiger charge is -2.40. The van der Waals surface area contributed by atoms with Gasteiger partial charge in [0.1, 0.15) is 5.82 Å². The minimum absolute atomic E-state index is 0.0742. The zero-order valence-electron chi connectivity index (χ0n) is 11.6. The van der Waals surface area contributed by atoms with Crippen molar-refractivity contribution in [2.24, 2.45) is 0 Å². The Kier molecular flexibility index (Phi) is 3.74. The van der Waals surface area contributed by atoms with Crippen LogP contribution in [0, 0.1) is 5.82 Å². The highest BCUT2D eigenvalue weighted by Gasteiger charge is 2.40. The monoisotopic (exact) mass is 277 g/mol. The molecule has 0 bridgehead atoms. The van der Waals surface area contributed by atoms with Crippen LogP contribution in [0.15, 0.2) is 24.3 Å². The highest BCUT2D eigenvalue weighted by atomic mass is 19.1. The molecule has 0 N–H and O–H groups in total. The molecule has 2 aliphatic rings. The van der Waals surface area contributed by atoms with E-state index >= 15 is 0 Å². The molecule has 0 aromatic heterocycles. The number of carbonyl (C=O) groups excluding carboxylic acids is 1. The number of benzene rings is 1. The molecule has 1 aromatic carbocycles. The molecule has 0 unspecified atom stereocenters. The van der Waals surface area contributed by atoms with Gasteiger partial charge in [0.05, 0.1) is 18.6 Å². The van der Waals surface area contributed by atoms with Crippen LogP contribution >= 0.6 is 0 Å². The van der Waals surface area contributed by atoms with Crippen LogP contribution in [0.4, 0.5) is 4.39 Å². The third-order valence-electron chi connectivity index (χ3n) is 4.36. The fraction of sp³-hybridized carbons (Fsp3) is 0.562. The minimum Gasteiger partial charge on any atom is -0.371 e. The van der Waals surface area contributed by atoms with E-state index in [4.69, 9.17) is 4.74 Å². The van der Waals surface area contributed by atoms with E-state index in [-0.39, 0.29) is 23.7 Å². The molecule has 2 fully saturated rings. The quantitative estimate of drug-likeness (QED) is 0.831. The van der Waals surface area contributed by atoms with Gasteiger partial charge in [0, 0.05) is 13.1 Å². The van der Waals surface area contributed by atoms with Gasteiger partial charge in [-0.25, -0.2) is 4.39 Å². The number of amides is 1. The van der Waals surface area contributed by atoms with Crippen molar-refractivity contribution in [2.45, 2.75) is 37.7 Å². The van der Waals surface area contributed by atoms with Gasteiger partial charge >= 0.3 is 0 Å². The Hall–Kier alpha value is -1.42. The molecule has 1 aromatic rings. The lowest BCUT2D eigenvalue weighted by atomic mass is 9.99. The molecule has 3 nitrogen and oxygen atoms in total. The van der Waals surface area contributed by atoms with E-state index in [9.17, 15) is 9.18 Å². The van der Waals surface area contributed by atoms with E-state index in [2.05, 4.69) is 0 Å². The Morgan fingerprint density at radius 3 is 2.90 bits per heavy atom. The lowest BCUT2D eigenvalue weighted by molar-refractivity contribution is -0.149. The smallest absolute Gasteiger partial charge is 0.227 e. The topological polar surface area (TPSA) is 29.5 Å². The number of morpholine rings is 1. The summed E-state index contributed by atoms with van der Waals surface area (Å²) in [6.45, 7) is 1.96. The first-order chi connectivity index (χ1) is 9.67. The third kappa shape index (κ3) is 2.85. The van der Waals surface area contributed by atoms with Crippen LogP contribution in [-0.2, 0) is 16.0 Å². The molecular weight excluding hydrogens is 257 g/mol. The van der Waals surface area contributed by atoms with Gasteiger partial charge in [0.25, 0.3) is 0 Å². The van der Waals surface area contributed by atoms with Gasteiger partial charge in [-0.1, -0.05) is 25.0 Å². The maximum atomic E-state index is 13.2. The summed E-state index contributed by atoms with van der Waals surface area (Å²) in [5.74, 6) is -0.213. The Morgan fingerprint density at radius 1 is 1.35 bits per heavy atom. The first-order valence-corrected chi connectivity index (χ1v) is 7.33. The van der Waals surface area contributed by atoms with Crippen molar-refractivity contribution in [3.05, 3.63) is 35.6 Å². The minimum atomic E-state index is -0.287. The predicted molar refractivity (Wildman–Crippen MR) is 73.8 cm³/mol. The van der Waals surface area contributed by atoms with E-state index in [1.807, 2.05) is 4.90 Å². The average Bonchev–Trinajstić information content (AvgIpc) is 2.87. The summed E-state index contributed by atoms with van der Waals surface area (Å²) >= 11 is 0. The molecule has 1 aliphatic carbocycles.